The number of carbonyl (C=O) groups is 1. The van der Waals surface area contributed by atoms with Crippen LogP contribution in [-0.4, -0.2) is 38.6 Å². The highest BCUT2D eigenvalue weighted by atomic mass is 16.2. The maximum absolute atomic E-state index is 12.6. The van der Waals surface area contributed by atoms with Crippen molar-refractivity contribution in [1.82, 2.24) is 24.8 Å². The first-order valence-electron chi connectivity index (χ1n) is 10.2. The topological polar surface area (TPSA) is 83.0 Å². The fourth-order valence-corrected chi connectivity index (χ4v) is 3.61. The highest BCUT2D eigenvalue weighted by molar-refractivity contribution is 5.80. The van der Waals surface area contributed by atoms with Crippen LogP contribution in [0.1, 0.15) is 19.2 Å². The Morgan fingerprint density at radius 3 is 2.80 bits per heavy atom. The Morgan fingerprint density at radius 2 is 1.93 bits per heavy atom. The smallest absolute Gasteiger partial charge is 0.317 e. The Labute approximate surface area is 174 Å². The summed E-state index contributed by atoms with van der Waals surface area (Å²) in [5, 5.41) is 4.74. The van der Waals surface area contributed by atoms with Crippen LogP contribution in [0.15, 0.2) is 65.6 Å². The van der Waals surface area contributed by atoms with E-state index in [9.17, 15) is 9.59 Å². The predicted molar refractivity (Wildman–Crippen MR) is 118 cm³/mol. The molecule has 4 rings (SSSR count). The van der Waals surface area contributed by atoms with Crippen molar-refractivity contribution < 1.29 is 4.79 Å². The highest BCUT2D eigenvalue weighted by Crippen LogP contribution is 2.15. The Kier molecular flexibility index (Phi) is 5.79. The van der Waals surface area contributed by atoms with Gasteiger partial charge in [0.05, 0.1) is 17.4 Å². The van der Waals surface area contributed by atoms with Gasteiger partial charge in [-0.15, -0.1) is 0 Å². The number of hydrogen-bond acceptors (Lipinski definition) is 3. The van der Waals surface area contributed by atoms with Crippen LogP contribution in [0.4, 0.5) is 4.79 Å². The molecule has 0 saturated heterocycles. The number of nitrogens with one attached hydrogen (secondary N) is 2. The van der Waals surface area contributed by atoms with Crippen molar-refractivity contribution in [1.29, 1.82) is 0 Å². The van der Waals surface area contributed by atoms with Gasteiger partial charge in [0, 0.05) is 31.3 Å². The molecule has 4 aromatic rings. The molecule has 0 unspecified atom stereocenters. The van der Waals surface area contributed by atoms with Crippen LogP contribution in [0, 0.1) is 0 Å². The van der Waals surface area contributed by atoms with Gasteiger partial charge in [-0.2, -0.15) is 0 Å². The molecule has 0 fully saturated rings. The summed E-state index contributed by atoms with van der Waals surface area (Å²) in [6.07, 6.45) is 2.90. The zero-order valence-electron chi connectivity index (χ0n) is 17.0. The monoisotopic (exact) mass is 403 g/mol. The number of H-pyrrole nitrogens is 1. The van der Waals surface area contributed by atoms with E-state index in [1.807, 2.05) is 25.1 Å². The van der Waals surface area contributed by atoms with E-state index in [2.05, 4.69) is 44.2 Å². The van der Waals surface area contributed by atoms with Gasteiger partial charge in [0.1, 0.15) is 5.82 Å². The molecule has 2 aromatic carbocycles. The molecule has 0 bridgehead atoms. The number of para-hydroxylation sites is 2. The summed E-state index contributed by atoms with van der Waals surface area (Å²) in [4.78, 5) is 33.7. The molecule has 2 amide bonds. The number of hydrogen-bond donors (Lipinski definition) is 2. The summed E-state index contributed by atoms with van der Waals surface area (Å²) < 4.78 is 2.20. The average molecular weight is 403 g/mol. The Hall–Kier alpha value is -3.61. The van der Waals surface area contributed by atoms with Gasteiger partial charge in [0.15, 0.2) is 0 Å². The third-order valence-electron chi connectivity index (χ3n) is 5.20. The highest BCUT2D eigenvalue weighted by Gasteiger charge is 2.14. The average Bonchev–Trinajstić information content (AvgIpc) is 3.18. The van der Waals surface area contributed by atoms with Crippen molar-refractivity contribution >= 4 is 27.8 Å². The molecule has 2 heterocycles. The second-order valence-electron chi connectivity index (χ2n) is 7.20. The lowest BCUT2D eigenvalue weighted by atomic mass is 10.2. The molecular weight excluding hydrogens is 378 g/mol. The number of rotatable bonds is 7. The summed E-state index contributed by atoms with van der Waals surface area (Å²) in [5.74, 6) is 0.481. The van der Waals surface area contributed by atoms with E-state index < -0.39 is 0 Å². The molecule has 0 saturated carbocycles. The molecule has 2 aromatic heterocycles. The van der Waals surface area contributed by atoms with Crippen LogP contribution in [0.25, 0.3) is 21.8 Å². The van der Waals surface area contributed by atoms with E-state index >= 15 is 0 Å². The Balaban J connectivity index is 1.33. The van der Waals surface area contributed by atoms with Crippen LogP contribution in [-0.2, 0) is 13.1 Å². The molecular formula is C23H25N5O2. The minimum Gasteiger partial charge on any atom is -0.347 e. The molecule has 2 N–H and O–H groups in total. The maximum atomic E-state index is 12.6. The van der Waals surface area contributed by atoms with E-state index in [1.165, 1.54) is 10.9 Å². The van der Waals surface area contributed by atoms with E-state index in [0.29, 0.717) is 29.8 Å². The zero-order chi connectivity index (χ0) is 20.9. The number of aryl methyl sites for hydroxylation is 1. The SMILES string of the molecule is CCN(Cc1nc2ccccc2c(=O)[nH]1)C(=O)NCCCn1ccc2ccccc21. The number of urea groups is 1. The fourth-order valence-electron chi connectivity index (χ4n) is 3.61. The van der Waals surface area contributed by atoms with Crippen LogP contribution in [0.2, 0.25) is 0 Å². The van der Waals surface area contributed by atoms with Gasteiger partial charge < -0.3 is 19.8 Å². The first-order valence-corrected chi connectivity index (χ1v) is 10.2. The van der Waals surface area contributed by atoms with Gasteiger partial charge in [-0.3, -0.25) is 4.79 Å². The molecule has 154 valence electrons. The number of fused-ring (bicyclic) bond motifs is 2. The van der Waals surface area contributed by atoms with Gasteiger partial charge in [-0.1, -0.05) is 30.3 Å². The van der Waals surface area contributed by atoms with Crippen molar-refractivity contribution in [2.24, 2.45) is 0 Å². The van der Waals surface area contributed by atoms with Crippen molar-refractivity contribution in [2.75, 3.05) is 13.1 Å². The summed E-state index contributed by atoms with van der Waals surface area (Å²) in [6, 6.07) is 17.4. The fraction of sp³-hybridized carbons (Fsp3) is 0.261. The first-order chi connectivity index (χ1) is 14.7. The van der Waals surface area contributed by atoms with E-state index in [-0.39, 0.29) is 18.1 Å². The second-order valence-corrected chi connectivity index (χ2v) is 7.20. The molecule has 7 heteroatoms. The standard InChI is InChI=1S/C23H25N5O2/c1-2-27(16-21-25-19-10-5-4-9-18(19)22(29)26-21)23(30)24-13-7-14-28-15-12-17-8-3-6-11-20(17)28/h3-6,8-12,15H,2,7,13-14,16H2,1H3,(H,24,30)(H,25,26,29). The molecule has 0 radical (unpaired) electrons. The third kappa shape index (κ3) is 4.20. The summed E-state index contributed by atoms with van der Waals surface area (Å²) >= 11 is 0. The number of amides is 2. The van der Waals surface area contributed by atoms with Crippen LogP contribution in [0.3, 0.4) is 0 Å². The number of aromatic amines is 1. The lowest BCUT2D eigenvalue weighted by molar-refractivity contribution is 0.196. The van der Waals surface area contributed by atoms with Crippen LogP contribution >= 0.6 is 0 Å². The quantitative estimate of drug-likeness (QED) is 0.463. The Morgan fingerprint density at radius 1 is 1.13 bits per heavy atom. The van der Waals surface area contributed by atoms with Gasteiger partial charge in [-0.05, 0) is 43.0 Å². The van der Waals surface area contributed by atoms with Gasteiger partial charge in [0.25, 0.3) is 5.56 Å². The van der Waals surface area contributed by atoms with E-state index in [0.717, 1.165) is 13.0 Å². The third-order valence-corrected chi connectivity index (χ3v) is 5.20. The first kappa shape index (κ1) is 19.7. The Bertz CT molecular complexity index is 1230. The largest absolute Gasteiger partial charge is 0.347 e. The van der Waals surface area contributed by atoms with E-state index in [4.69, 9.17) is 0 Å². The van der Waals surface area contributed by atoms with Crippen molar-refractivity contribution in [3.63, 3.8) is 0 Å². The number of benzene rings is 2. The van der Waals surface area contributed by atoms with E-state index in [1.54, 1.807) is 23.1 Å². The van der Waals surface area contributed by atoms with Crippen molar-refractivity contribution in [3.8, 4) is 0 Å². The second kappa shape index (κ2) is 8.82. The zero-order valence-corrected chi connectivity index (χ0v) is 17.0. The number of aromatic nitrogens is 3. The predicted octanol–water partition coefficient (Wildman–Crippen LogP) is 3.50. The molecule has 0 aliphatic carbocycles. The molecule has 0 atom stereocenters. The van der Waals surface area contributed by atoms with Crippen molar-refractivity contribution in [2.45, 2.75) is 26.4 Å². The maximum Gasteiger partial charge on any atom is 0.317 e. The lowest BCUT2D eigenvalue weighted by Crippen LogP contribution is -2.40. The molecule has 7 nitrogen and oxygen atoms in total. The van der Waals surface area contributed by atoms with Crippen molar-refractivity contribution in [3.05, 3.63) is 77.0 Å². The lowest BCUT2D eigenvalue weighted by Gasteiger charge is -2.21. The minimum atomic E-state index is -0.189. The molecule has 30 heavy (non-hydrogen) atoms. The van der Waals surface area contributed by atoms with Crippen LogP contribution in [0.5, 0.6) is 0 Å². The molecule has 0 aliphatic heterocycles. The molecule has 0 aliphatic rings. The van der Waals surface area contributed by atoms with Crippen LogP contribution < -0.4 is 10.9 Å². The normalized spacial score (nSPS) is 11.1. The molecule has 0 spiro atoms. The number of nitrogens with zero attached hydrogens (tertiary/aromatic N) is 3. The van der Waals surface area contributed by atoms with Gasteiger partial charge in [-0.25, -0.2) is 9.78 Å². The minimum absolute atomic E-state index is 0.161. The van der Waals surface area contributed by atoms with Gasteiger partial charge in [0.2, 0.25) is 0 Å². The van der Waals surface area contributed by atoms with Gasteiger partial charge >= 0.3 is 6.03 Å². The summed E-state index contributed by atoms with van der Waals surface area (Å²) in [6.45, 7) is 4.09. The number of carbonyl (C=O) groups excluding carboxylic acids is 1. The summed E-state index contributed by atoms with van der Waals surface area (Å²) in [7, 11) is 0. The summed E-state index contributed by atoms with van der Waals surface area (Å²) in [5.41, 5.74) is 1.64.